The van der Waals surface area contributed by atoms with E-state index >= 15 is 0 Å². The Morgan fingerprint density at radius 1 is 1.10 bits per heavy atom. The van der Waals surface area contributed by atoms with Gasteiger partial charge in [0.15, 0.2) is 0 Å². The van der Waals surface area contributed by atoms with Crippen molar-refractivity contribution in [3.05, 3.63) is 77.4 Å². The molecular formula is C25H27N5O. The van der Waals surface area contributed by atoms with E-state index in [1.165, 1.54) is 11.3 Å². The monoisotopic (exact) mass is 413 g/mol. The molecule has 1 unspecified atom stereocenters. The van der Waals surface area contributed by atoms with Gasteiger partial charge in [-0.25, -0.2) is 5.43 Å². The average molecular weight is 414 g/mol. The number of carbonyl (C=O) groups excluding carboxylic acids is 1. The first-order chi connectivity index (χ1) is 15.3. The van der Waals surface area contributed by atoms with E-state index in [-0.39, 0.29) is 5.91 Å². The van der Waals surface area contributed by atoms with Gasteiger partial charge in [0, 0.05) is 53.2 Å². The van der Waals surface area contributed by atoms with Gasteiger partial charge in [-0.2, -0.15) is 0 Å². The lowest BCUT2D eigenvalue weighted by molar-refractivity contribution is 0.0645. The van der Waals surface area contributed by atoms with Crippen LogP contribution in [0.3, 0.4) is 0 Å². The molecule has 0 bridgehead atoms. The highest BCUT2D eigenvalue weighted by molar-refractivity contribution is 6.07. The summed E-state index contributed by atoms with van der Waals surface area (Å²) >= 11 is 0. The highest BCUT2D eigenvalue weighted by Gasteiger charge is 2.40. The molecule has 0 spiro atoms. The maximum absolute atomic E-state index is 13.9. The number of nitrogens with zero attached hydrogens (tertiary/aromatic N) is 3. The van der Waals surface area contributed by atoms with E-state index in [0.717, 1.165) is 60.8 Å². The van der Waals surface area contributed by atoms with E-state index in [9.17, 15) is 4.79 Å². The Balaban J connectivity index is 1.31. The summed E-state index contributed by atoms with van der Waals surface area (Å²) in [5, 5.41) is 1.04. The molecule has 158 valence electrons. The van der Waals surface area contributed by atoms with Crippen LogP contribution in [0, 0.1) is 0 Å². The number of aromatic nitrogens is 2. The van der Waals surface area contributed by atoms with Crippen molar-refractivity contribution in [1.82, 2.24) is 25.3 Å². The zero-order valence-corrected chi connectivity index (χ0v) is 17.6. The van der Waals surface area contributed by atoms with E-state index in [1.54, 1.807) is 0 Å². The van der Waals surface area contributed by atoms with Gasteiger partial charge in [-0.1, -0.05) is 12.1 Å². The predicted molar refractivity (Wildman–Crippen MR) is 120 cm³/mol. The van der Waals surface area contributed by atoms with Gasteiger partial charge in [0.25, 0.3) is 5.91 Å². The second-order valence-electron chi connectivity index (χ2n) is 8.90. The van der Waals surface area contributed by atoms with E-state index in [1.807, 2.05) is 36.5 Å². The van der Waals surface area contributed by atoms with Crippen LogP contribution < -0.4 is 10.9 Å². The summed E-state index contributed by atoms with van der Waals surface area (Å²) in [6.07, 6.45) is 9.19. The maximum Gasteiger partial charge on any atom is 0.255 e. The van der Waals surface area contributed by atoms with Gasteiger partial charge >= 0.3 is 0 Å². The largest absolute Gasteiger partial charge is 0.341 e. The summed E-state index contributed by atoms with van der Waals surface area (Å²) in [7, 11) is 0. The van der Waals surface area contributed by atoms with Gasteiger partial charge in [-0.05, 0) is 68.0 Å². The quantitative estimate of drug-likeness (QED) is 0.671. The van der Waals surface area contributed by atoms with Gasteiger partial charge in [0.2, 0.25) is 0 Å². The Morgan fingerprint density at radius 3 is 2.87 bits per heavy atom. The van der Waals surface area contributed by atoms with Gasteiger partial charge in [-0.3, -0.25) is 9.78 Å². The highest BCUT2D eigenvalue weighted by Crippen LogP contribution is 2.37. The van der Waals surface area contributed by atoms with Crippen molar-refractivity contribution in [1.29, 1.82) is 0 Å². The molecule has 6 nitrogen and oxygen atoms in total. The highest BCUT2D eigenvalue weighted by atomic mass is 16.2. The molecule has 1 aliphatic heterocycles. The number of benzene rings is 1. The van der Waals surface area contributed by atoms with Crippen LogP contribution in [0.15, 0.2) is 66.1 Å². The Hall–Kier alpha value is -3.12. The molecule has 1 saturated carbocycles. The number of hydrogen-bond donors (Lipinski definition) is 2. The summed E-state index contributed by atoms with van der Waals surface area (Å²) in [5.74, 6) is 0.191. The third kappa shape index (κ3) is 3.41. The lowest BCUT2D eigenvalue weighted by Gasteiger charge is -2.35. The lowest BCUT2D eigenvalue weighted by Crippen LogP contribution is -2.43. The van der Waals surface area contributed by atoms with E-state index in [2.05, 4.69) is 43.6 Å². The summed E-state index contributed by atoms with van der Waals surface area (Å²) < 4.78 is 2.18. The Kier molecular flexibility index (Phi) is 4.53. The number of hydrogen-bond acceptors (Lipinski definition) is 4. The van der Waals surface area contributed by atoms with Crippen molar-refractivity contribution in [2.45, 2.75) is 50.7 Å². The molecule has 31 heavy (non-hydrogen) atoms. The number of carbonyl (C=O) groups is 1. The topological polar surface area (TPSA) is 62.2 Å². The molecule has 2 aliphatic carbocycles. The second-order valence-corrected chi connectivity index (χ2v) is 8.90. The van der Waals surface area contributed by atoms with Crippen molar-refractivity contribution in [2.75, 3.05) is 6.54 Å². The van der Waals surface area contributed by atoms with Gasteiger partial charge in [-0.15, -0.1) is 0 Å². The number of pyridine rings is 1. The van der Waals surface area contributed by atoms with E-state index < -0.39 is 0 Å². The number of fused-ring (bicyclic) bond motifs is 1. The standard InChI is InChI=1S/C25H27N5O/c31-25(30(19-7-8-19)20-9-10-23-17(14-20)15-27-28-23)22-5-3-6-24-21(22)11-13-29(24)16-18-4-1-2-12-26-18/h1-6,11-13,19-20,27-28H,7-10,14-16H2. The fourth-order valence-corrected chi connectivity index (χ4v) is 5.16. The Labute approximate surface area is 181 Å². The molecule has 0 saturated heterocycles. The lowest BCUT2D eigenvalue weighted by atomic mass is 9.91. The minimum absolute atomic E-state index is 0.191. The fraction of sp³-hybridized carbons (Fsp3) is 0.360. The second kappa shape index (κ2) is 7.54. The molecule has 1 atom stereocenters. The normalized spacial score (nSPS) is 20.6. The van der Waals surface area contributed by atoms with Crippen LogP contribution in [-0.2, 0) is 6.54 Å². The van der Waals surface area contributed by atoms with Crippen LogP contribution in [-0.4, -0.2) is 39.0 Å². The van der Waals surface area contributed by atoms with Gasteiger partial charge in [0.05, 0.1) is 12.2 Å². The van der Waals surface area contributed by atoms with Crippen molar-refractivity contribution >= 4 is 16.8 Å². The van der Waals surface area contributed by atoms with Crippen LogP contribution >= 0.6 is 0 Å². The molecule has 1 amide bonds. The summed E-state index contributed by atoms with van der Waals surface area (Å²) in [4.78, 5) is 20.5. The molecule has 1 aromatic carbocycles. The SMILES string of the molecule is O=C(c1cccc2c1ccn2Cc1ccccn1)N(C1CC1)C1CCC2=C(CNN2)C1. The van der Waals surface area contributed by atoms with Gasteiger partial charge in [0.1, 0.15) is 0 Å². The molecule has 3 aromatic rings. The first kappa shape index (κ1) is 18.6. The van der Waals surface area contributed by atoms with Crippen molar-refractivity contribution in [3.8, 4) is 0 Å². The number of hydrazine groups is 1. The number of nitrogens with one attached hydrogen (secondary N) is 2. The fourth-order valence-electron chi connectivity index (χ4n) is 5.16. The predicted octanol–water partition coefficient (Wildman–Crippen LogP) is 3.60. The molecule has 1 fully saturated rings. The van der Waals surface area contributed by atoms with Crippen LogP contribution in [0.1, 0.15) is 48.2 Å². The molecule has 2 aromatic heterocycles. The van der Waals surface area contributed by atoms with Crippen LogP contribution in [0.5, 0.6) is 0 Å². The molecule has 3 aliphatic rings. The third-order valence-corrected chi connectivity index (χ3v) is 6.85. The van der Waals surface area contributed by atoms with Gasteiger partial charge < -0.3 is 14.9 Å². The maximum atomic E-state index is 13.9. The molecule has 0 radical (unpaired) electrons. The number of rotatable bonds is 5. The van der Waals surface area contributed by atoms with Crippen molar-refractivity contribution in [2.24, 2.45) is 0 Å². The van der Waals surface area contributed by atoms with E-state index in [0.29, 0.717) is 18.6 Å². The van der Waals surface area contributed by atoms with Crippen LogP contribution in [0.4, 0.5) is 0 Å². The Morgan fingerprint density at radius 2 is 2.03 bits per heavy atom. The van der Waals surface area contributed by atoms with E-state index in [4.69, 9.17) is 0 Å². The smallest absolute Gasteiger partial charge is 0.255 e. The minimum Gasteiger partial charge on any atom is -0.341 e. The first-order valence-electron chi connectivity index (χ1n) is 11.3. The first-order valence-corrected chi connectivity index (χ1v) is 11.3. The minimum atomic E-state index is 0.191. The van der Waals surface area contributed by atoms with Crippen LogP contribution in [0.2, 0.25) is 0 Å². The zero-order valence-electron chi connectivity index (χ0n) is 17.6. The third-order valence-electron chi connectivity index (χ3n) is 6.85. The summed E-state index contributed by atoms with van der Waals surface area (Å²) in [6, 6.07) is 14.9. The molecular weight excluding hydrogens is 386 g/mol. The summed E-state index contributed by atoms with van der Waals surface area (Å²) in [6.45, 7) is 1.60. The Bertz CT molecular complexity index is 1160. The van der Waals surface area contributed by atoms with Crippen LogP contribution in [0.25, 0.3) is 10.9 Å². The molecule has 6 heteroatoms. The average Bonchev–Trinajstić information content (AvgIpc) is 3.37. The number of amides is 1. The molecule has 2 N–H and O–H groups in total. The molecule has 6 rings (SSSR count). The summed E-state index contributed by atoms with van der Waals surface area (Å²) in [5.41, 5.74) is 12.2. The number of allylic oxidation sites excluding steroid dienone is 1. The van der Waals surface area contributed by atoms with Crippen molar-refractivity contribution in [3.63, 3.8) is 0 Å². The molecule has 3 heterocycles. The zero-order chi connectivity index (χ0) is 20.8. The van der Waals surface area contributed by atoms with Crippen molar-refractivity contribution < 1.29 is 4.79 Å².